The fourth-order valence-corrected chi connectivity index (χ4v) is 2.26. The molecule has 20 heavy (non-hydrogen) atoms. The van der Waals surface area contributed by atoms with Crippen LogP contribution in [0.3, 0.4) is 0 Å². The van der Waals surface area contributed by atoms with Gasteiger partial charge in [0.2, 0.25) is 0 Å². The second-order valence-electron chi connectivity index (χ2n) is 4.18. The maximum absolute atomic E-state index is 13.2. The van der Waals surface area contributed by atoms with Crippen LogP contribution < -0.4 is 0 Å². The SMILES string of the molecule is O=C(c1ccn(Cc2cc(F)cc(Br)c2)c1)C(F)(F)F. The number of nitrogens with zero attached hydrogens (tertiary/aromatic N) is 1. The molecule has 0 unspecified atom stereocenters. The van der Waals surface area contributed by atoms with E-state index in [4.69, 9.17) is 0 Å². The summed E-state index contributed by atoms with van der Waals surface area (Å²) in [6.45, 7) is 0.168. The van der Waals surface area contributed by atoms with Gasteiger partial charge in [-0.3, -0.25) is 4.79 Å². The molecule has 0 aliphatic heterocycles. The van der Waals surface area contributed by atoms with E-state index in [1.807, 2.05) is 0 Å². The van der Waals surface area contributed by atoms with E-state index >= 15 is 0 Å². The molecule has 1 heterocycles. The first-order chi connectivity index (χ1) is 9.25. The molecule has 7 heteroatoms. The molecule has 2 nitrogen and oxygen atoms in total. The number of benzene rings is 1. The highest BCUT2D eigenvalue weighted by molar-refractivity contribution is 9.10. The third kappa shape index (κ3) is 3.47. The standard InChI is InChI=1S/C13H8BrF4NO/c14-10-3-8(4-11(15)5-10)6-19-2-1-9(7-19)12(20)13(16,17)18/h1-5,7H,6H2. The summed E-state index contributed by atoms with van der Waals surface area (Å²) in [5, 5.41) is 0. The van der Waals surface area contributed by atoms with E-state index in [-0.39, 0.29) is 6.54 Å². The van der Waals surface area contributed by atoms with Crippen molar-refractivity contribution in [2.75, 3.05) is 0 Å². The van der Waals surface area contributed by atoms with Crippen LogP contribution in [-0.4, -0.2) is 16.5 Å². The summed E-state index contributed by atoms with van der Waals surface area (Å²) in [5.41, 5.74) is 0.131. The van der Waals surface area contributed by atoms with Crippen LogP contribution in [0.4, 0.5) is 17.6 Å². The number of carbonyl (C=O) groups excluding carboxylic acids is 1. The molecular weight excluding hydrogens is 342 g/mol. The highest BCUT2D eigenvalue weighted by Crippen LogP contribution is 2.22. The lowest BCUT2D eigenvalue weighted by Gasteiger charge is -2.05. The summed E-state index contributed by atoms with van der Waals surface area (Å²) < 4.78 is 51.9. The third-order valence-corrected chi connectivity index (χ3v) is 3.02. The number of alkyl halides is 3. The van der Waals surface area contributed by atoms with E-state index in [2.05, 4.69) is 15.9 Å². The minimum absolute atomic E-state index is 0.168. The molecule has 106 valence electrons. The number of aromatic nitrogens is 1. The lowest BCUT2D eigenvalue weighted by Crippen LogP contribution is -2.22. The second kappa shape index (κ2) is 5.40. The van der Waals surface area contributed by atoms with Gasteiger partial charge in [-0.15, -0.1) is 0 Å². The van der Waals surface area contributed by atoms with E-state index in [1.165, 1.54) is 22.9 Å². The average Bonchev–Trinajstić information content (AvgIpc) is 2.73. The Labute approximate surface area is 120 Å². The molecule has 0 saturated heterocycles. The van der Waals surface area contributed by atoms with Crippen LogP contribution in [0.2, 0.25) is 0 Å². The zero-order valence-corrected chi connectivity index (χ0v) is 11.5. The van der Waals surface area contributed by atoms with Gasteiger partial charge in [0.25, 0.3) is 5.78 Å². The first-order valence-corrected chi connectivity index (χ1v) is 6.27. The maximum atomic E-state index is 13.2. The Morgan fingerprint density at radius 2 is 1.95 bits per heavy atom. The van der Waals surface area contributed by atoms with Gasteiger partial charge in [0.05, 0.1) is 0 Å². The molecule has 0 spiro atoms. The van der Waals surface area contributed by atoms with Crippen molar-refractivity contribution < 1.29 is 22.4 Å². The van der Waals surface area contributed by atoms with Gasteiger partial charge in [-0.05, 0) is 29.8 Å². The molecule has 0 aliphatic rings. The Balaban J connectivity index is 2.20. The highest BCUT2D eigenvalue weighted by atomic mass is 79.9. The minimum atomic E-state index is -4.89. The normalized spacial score (nSPS) is 11.7. The Morgan fingerprint density at radius 3 is 2.55 bits per heavy atom. The number of ketones is 1. The first-order valence-electron chi connectivity index (χ1n) is 5.48. The molecule has 0 radical (unpaired) electrons. The van der Waals surface area contributed by atoms with Gasteiger partial charge < -0.3 is 4.57 Å². The first kappa shape index (κ1) is 14.8. The smallest absolute Gasteiger partial charge is 0.349 e. The van der Waals surface area contributed by atoms with Crippen LogP contribution in [0.5, 0.6) is 0 Å². The molecule has 0 N–H and O–H groups in total. The van der Waals surface area contributed by atoms with E-state index in [1.54, 1.807) is 6.07 Å². The summed E-state index contributed by atoms with van der Waals surface area (Å²) in [7, 11) is 0. The quantitative estimate of drug-likeness (QED) is 0.601. The third-order valence-electron chi connectivity index (χ3n) is 2.56. The number of rotatable bonds is 3. The number of Topliss-reactive ketones (excluding diaryl/α,β-unsaturated/α-hetero) is 1. The molecule has 0 atom stereocenters. The number of carbonyl (C=O) groups is 1. The second-order valence-corrected chi connectivity index (χ2v) is 5.09. The van der Waals surface area contributed by atoms with Crippen molar-refractivity contribution in [1.82, 2.24) is 4.57 Å². The zero-order valence-electron chi connectivity index (χ0n) is 9.92. The zero-order chi connectivity index (χ0) is 14.9. The molecule has 0 bridgehead atoms. The van der Waals surface area contributed by atoms with Crippen LogP contribution in [0.15, 0.2) is 41.1 Å². The predicted molar refractivity (Wildman–Crippen MR) is 68.0 cm³/mol. The van der Waals surface area contributed by atoms with Crippen LogP contribution in [0.25, 0.3) is 0 Å². The Kier molecular flexibility index (Phi) is 3.99. The van der Waals surface area contributed by atoms with E-state index in [9.17, 15) is 22.4 Å². The van der Waals surface area contributed by atoms with Gasteiger partial charge in [-0.2, -0.15) is 13.2 Å². The molecule has 2 rings (SSSR count). The summed E-state index contributed by atoms with van der Waals surface area (Å²) in [6, 6.07) is 5.28. The van der Waals surface area contributed by atoms with Gasteiger partial charge in [-0.1, -0.05) is 15.9 Å². The molecule has 1 aromatic heterocycles. The van der Waals surface area contributed by atoms with Crippen molar-refractivity contribution in [3.8, 4) is 0 Å². The fourth-order valence-electron chi connectivity index (χ4n) is 1.75. The van der Waals surface area contributed by atoms with Gasteiger partial charge >= 0.3 is 6.18 Å². The monoisotopic (exact) mass is 349 g/mol. The van der Waals surface area contributed by atoms with Crippen molar-refractivity contribution in [3.63, 3.8) is 0 Å². The van der Waals surface area contributed by atoms with Crippen molar-refractivity contribution >= 4 is 21.7 Å². The van der Waals surface area contributed by atoms with E-state index in [0.29, 0.717) is 10.0 Å². The van der Waals surface area contributed by atoms with Crippen LogP contribution in [0, 0.1) is 5.82 Å². The molecule has 0 fully saturated rings. The Bertz CT molecular complexity index is 628. The van der Waals surface area contributed by atoms with Gasteiger partial charge in [0.1, 0.15) is 5.82 Å². The Hall–Kier alpha value is -1.63. The minimum Gasteiger partial charge on any atom is -0.349 e. The molecule has 0 saturated carbocycles. The van der Waals surface area contributed by atoms with Gasteiger partial charge in [-0.25, -0.2) is 4.39 Å². The van der Waals surface area contributed by atoms with Crippen molar-refractivity contribution in [2.24, 2.45) is 0 Å². The summed E-state index contributed by atoms with van der Waals surface area (Å²) in [4.78, 5) is 11.0. The average molecular weight is 350 g/mol. The topological polar surface area (TPSA) is 22.0 Å². The summed E-state index contributed by atoms with van der Waals surface area (Å²) >= 11 is 3.13. The van der Waals surface area contributed by atoms with Crippen molar-refractivity contribution in [1.29, 1.82) is 0 Å². The fraction of sp³-hybridized carbons (Fsp3) is 0.154. The molecule has 1 aromatic carbocycles. The lowest BCUT2D eigenvalue weighted by atomic mass is 10.2. The number of halogens is 5. The molecule has 2 aromatic rings. The van der Waals surface area contributed by atoms with Crippen molar-refractivity contribution in [3.05, 3.63) is 58.1 Å². The number of hydrogen-bond donors (Lipinski definition) is 0. The van der Waals surface area contributed by atoms with Gasteiger partial charge in [0.15, 0.2) is 0 Å². The molecule has 0 aliphatic carbocycles. The summed E-state index contributed by atoms with van der Waals surface area (Å²) in [6.07, 6.45) is -2.46. The van der Waals surface area contributed by atoms with Crippen LogP contribution in [0.1, 0.15) is 15.9 Å². The predicted octanol–water partition coefficient (Wildman–Crippen LogP) is 4.18. The lowest BCUT2D eigenvalue weighted by molar-refractivity contribution is -0.0885. The maximum Gasteiger partial charge on any atom is 0.454 e. The molecule has 0 amide bonds. The van der Waals surface area contributed by atoms with Crippen LogP contribution in [-0.2, 0) is 6.54 Å². The van der Waals surface area contributed by atoms with E-state index in [0.717, 1.165) is 12.3 Å². The van der Waals surface area contributed by atoms with Crippen molar-refractivity contribution in [2.45, 2.75) is 12.7 Å². The van der Waals surface area contributed by atoms with E-state index < -0.39 is 23.3 Å². The largest absolute Gasteiger partial charge is 0.454 e. The van der Waals surface area contributed by atoms with Gasteiger partial charge in [0, 0.05) is 29.0 Å². The molecular formula is C13H8BrF4NO. The Morgan fingerprint density at radius 1 is 1.25 bits per heavy atom. The highest BCUT2D eigenvalue weighted by Gasteiger charge is 2.39. The number of hydrogen-bond acceptors (Lipinski definition) is 1. The summed E-state index contributed by atoms with van der Waals surface area (Å²) in [5.74, 6) is -2.34. The van der Waals surface area contributed by atoms with Crippen LogP contribution >= 0.6 is 15.9 Å².